The van der Waals surface area contributed by atoms with Gasteiger partial charge < -0.3 is 4.74 Å². The molecule has 0 aliphatic rings. The van der Waals surface area contributed by atoms with Gasteiger partial charge in [0.1, 0.15) is 5.75 Å². The lowest BCUT2D eigenvalue weighted by molar-refractivity contribution is 0.410. The first kappa shape index (κ1) is 13.9. The zero-order valence-electron chi connectivity index (χ0n) is 11.5. The van der Waals surface area contributed by atoms with E-state index in [0.717, 1.165) is 22.9 Å². The molecule has 1 heterocycles. The van der Waals surface area contributed by atoms with Gasteiger partial charge in [0.05, 0.1) is 18.5 Å². The summed E-state index contributed by atoms with van der Waals surface area (Å²) in [7, 11) is 1.71. The average molecular weight is 274 g/mol. The van der Waals surface area contributed by atoms with Crippen LogP contribution in [0.2, 0.25) is 0 Å². The molecule has 1 atom stereocenters. The van der Waals surface area contributed by atoms with E-state index in [0.29, 0.717) is 5.25 Å². The van der Waals surface area contributed by atoms with Gasteiger partial charge in [0.25, 0.3) is 0 Å². The molecule has 19 heavy (non-hydrogen) atoms. The van der Waals surface area contributed by atoms with Gasteiger partial charge in [-0.2, -0.15) is 0 Å². The normalized spacial score (nSPS) is 12.2. The lowest BCUT2D eigenvalue weighted by Crippen LogP contribution is -1.96. The summed E-state index contributed by atoms with van der Waals surface area (Å²) in [6, 6.07) is 8.14. The maximum Gasteiger partial charge on any atom is 0.123 e. The number of nitrogens with zero attached hydrogens (tertiary/aromatic N) is 2. The van der Waals surface area contributed by atoms with Crippen molar-refractivity contribution < 1.29 is 4.74 Å². The molecule has 2 rings (SSSR count). The molecular formula is C15H18N2OS. The van der Waals surface area contributed by atoms with E-state index in [1.54, 1.807) is 7.11 Å². The summed E-state index contributed by atoms with van der Waals surface area (Å²) in [6.45, 7) is 4.13. The van der Waals surface area contributed by atoms with E-state index < -0.39 is 0 Å². The van der Waals surface area contributed by atoms with Gasteiger partial charge in [-0.25, -0.2) is 0 Å². The minimum absolute atomic E-state index is 0.360. The number of thioether (sulfide) groups is 1. The number of rotatable bonds is 5. The van der Waals surface area contributed by atoms with Crippen LogP contribution < -0.4 is 4.74 Å². The van der Waals surface area contributed by atoms with Gasteiger partial charge in [-0.15, -0.1) is 11.8 Å². The smallest absolute Gasteiger partial charge is 0.123 e. The molecule has 0 aliphatic heterocycles. The molecule has 2 aromatic rings. The molecule has 0 saturated heterocycles. The molecular weight excluding hydrogens is 256 g/mol. The lowest BCUT2D eigenvalue weighted by Gasteiger charge is -2.14. The Morgan fingerprint density at radius 3 is 2.68 bits per heavy atom. The molecule has 0 aliphatic carbocycles. The summed E-state index contributed by atoms with van der Waals surface area (Å²) in [5.74, 6) is 1.80. The molecule has 1 aromatic heterocycles. The first-order chi connectivity index (χ1) is 9.20. The van der Waals surface area contributed by atoms with Crippen LogP contribution in [0.1, 0.15) is 29.1 Å². The van der Waals surface area contributed by atoms with Gasteiger partial charge in [-0.05, 0) is 19.9 Å². The Morgan fingerprint density at radius 1 is 1.21 bits per heavy atom. The van der Waals surface area contributed by atoms with E-state index >= 15 is 0 Å². The topological polar surface area (TPSA) is 35.0 Å². The van der Waals surface area contributed by atoms with E-state index in [1.165, 1.54) is 5.56 Å². The second kappa shape index (κ2) is 6.57. The Bertz CT molecular complexity index is 528. The molecule has 0 saturated carbocycles. The van der Waals surface area contributed by atoms with Crippen LogP contribution in [-0.4, -0.2) is 17.1 Å². The molecule has 100 valence electrons. The third-order valence-electron chi connectivity index (χ3n) is 2.89. The standard InChI is InChI=1S/C15H18N2OS/c1-11-8-17-13(9-16-11)10-19-12(2)14-6-4-5-7-15(14)18-3/h4-9,12H,10H2,1-3H3/t12-/m1/s1. The fourth-order valence-corrected chi connectivity index (χ4v) is 2.74. The molecule has 0 bridgehead atoms. The number of methoxy groups -OCH3 is 1. The summed E-state index contributed by atoms with van der Waals surface area (Å²) in [6.07, 6.45) is 3.65. The first-order valence-electron chi connectivity index (χ1n) is 6.22. The van der Waals surface area contributed by atoms with Crippen molar-refractivity contribution >= 4 is 11.8 Å². The molecule has 0 fully saturated rings. The summed E-state index contributed by atoms with van der Waals surface area (Å²) < 4.78 is 5.39. The van der Waals surface area contributed by atoms with Gasteiger partial charge in [0.2, 0.25) is 0 Å². The maximum absolute atomic E-state index is 5.39. The Kier molecular flexibility index (Phi) is 4.80. The van der Waals surface area contributed by atoms with Crippen LogP contribution in [-0.2, 0) is 5.75 Å². The number of para-hydroxylation sites is 1. The van der Waals surface area contributed by atoms with Crippen molar-refractivity contribution in [2.75, 3.05) is 7.11 Å². The third kappa shape index (κ3) is 3.70. The summed E-state index contributed by atoms with van der Waals surface area (Å²) in [4.78, 5) is 8.63. The minimum Gasteiger partial charge on any atom is -0.496 e. The van der Waals surface area contributed by atoms with Crippen molar-refractivity contribution in [3.8, 4) is 5.75 Å². The van der Waals surface area contributed by atoms with E-state index in [2.05, 4.69) is 23.0 Å². The largest absolute Gasteiger partial charge is 0.496 e. The Balaban J connectivity index is 2.01. The van der Waals surface area contributed by atoms with Crippen molar-refractivity contribution in [3.05, 3.63) is 53.6 Å². The maximum atomic E-state index is 5.39. The van der Waals surface area contributed by atoms with E-state index in [-0.39, 0.29) is 0 Å². The van der Waals surface area contributed by atoms with Gasteiger partial charge in [-0.3, -0.25) is 9.97 Å². The van der Waals surface area contributed by atoms with Crippen molar-refractivity contribution in [2.45, 2.75) is 24.9 Å². The number of ether oxygens (including phenoxy) is 1. The second-order valence-electron chi connectivity index (χ2n) is 4.34. The molecule has 3 nitrogen and oxygen atoms in total. The van der Waals surface area contributed by atoms with Crippen LogP contribution in [0.4, 0.5) is 0 Å². The highest BCUT2D eigenvalue weighted by Crippen LogP contribution is 2.35. The molecule has 0 N–H and O–H groups in total. The zero-order valence-corrected chi connectivity index (χ0v) is 12.3. The monoisotopic (exact) mass is 274 g/mol. The summed E-state index contributed by atoms with van der Waals surface area (Å²) >= 11 is 1.84. The van der Waals surface area contributed by atoms with Gasteiger partial charge in [-0.1, -0.05) is 18.2 Å². The Morgan fingerprint density at radius 2 is 2.00 bits per heavy atom. The number of hydrogen-bond acceptors (Lipinski definition) is 4. The lowest BCUT2D eigenvalue weighted by atomic mass is 10.1. The van der Waals surface area contributed by atoms with Crippen LogP contribution in [0, 0.1) is 6.92 Å². The van der Waals surface area contributed by atoms with Crippen molar-refractivity contribution in [1.82, 2.24) is 9.97 Å². The fraction of sp³-hybridized carbons (Fsp3) is 0.333. The molecule has 1 aromatic carbocycles. The molecule has 4 heteroatoms. The number of aromatic nitrogens is 2. The number of benzene rings is 1. The Labute approximate surface area is 118 Å². The van der Waals surface area contributed by atoms with Crippen LogP contribution in [0.3, 0.4) is 0 Å². The predicted octanol–water partition coefficient (Wildman–Crippen LogP) is 3.79. The highest BCUT2D eigenvalue weighted by molar-refractivity contribution is 7.98. The predicted molar refractivity (Wildman–Crippen MR) is 79.5 cm³/mol. The number of hydrogen-bond donors (Lipinski definition) is 0. The quantitative estimate of drug-likeness (QED) is 0.831. The molecule has 0 unspecified atom stereocenters. The highest BCUT2D eigenvalue weighted by atomic mass is 32.2. The van der Waals surface area contributed by atoms with Gasteiger partial charge >= 0.3 is 0 Å². The third-order valence-corrected chi connectivity index (χ3v) is 4.11. The summed E-state index contributed by atoms with van der Waals surface area (Å²) in [5.41, 5.74) is 3.18. The van der Waals surface area contributed by atoms with Gasteiger partial charge in [0, 0.05) is 29.0 Å². The highest BCUT2D eigenvalue weighted by Gasteiger charge is 2.11. The average Bonchev–Trinajstić information content (AvgIpc) is 2.46. The van der Waals surface area contributed by atoms with Gasteiger partial charge in [0.15, 0.2) is 0 Å². The van der Waals surface area contributed by atoms with Crippen molar-refractivity contribution in [3.63, 3.8) is 0 Å². The second-order valence-corrected chi connectivity index (χ2v) is 5.67. The van der Waals surface area contributed by atoms with Crippen molar-refractivity contribution in [2.24, 2.45) is 0 Å². The van der Waals surface area contributed by atoms with Crippen LogP contribution in [0.25, 0.3) is 0 Å². The van der Waals surface area contributed by atoms with Crippen LogP contribution >= 0.6 is 11.8 Å². The van der Waals surface area contributed by atoms with Crippen LogP contribution in [0.5, 0.6) is 5.75 Å². The summed E-state index contributed by atoms with van der Waals surface area (Å²) in [5, 5.41) is 0.360. The van der Waals surface area contributed by atoms with Crippen LogP contribution in [0.15, 0.2) is 36.7 Å². The SMILES string of the molecule is COc1ccccc1[C@@H](C)SCc1cnc(C)cn1. The van der Waals surface area contributed by atoms with E-state index in [9.17, 15) is 0 Å². The van der Waals surface area contributed by atoms with E-state index in [1.807, 2.05) is 49.3 Å². The van der Waals surface area contributed by atoms with E-state index in [4.69, 9.17) is 4.74 Å². The zero-order chi connectivity index (χ0) is 13.7. The molecule has 0 spiro atoms. The minimum atomic E-state index is 0.360. The molecule has 0 amide bonds. The van der Waals surface area contributed by atoms with Crippen molar-refractivity contribution in [1.29, 1.82) is 0 Å². The number of aryl methyl sites for hydroxylation is 1. The fourth-order valence-electron chi connectivity index (χ4n) is 1.80. The first-order valence-corrected chi connectivity index (χ1v) is 7.27. The molecule has 0 radical (unpaired) electrons. The Hall–Kier alpha value is -1.55.